The van der Waals surface area contributed by atoms with E-state index in [1.807, 2.05) is 0 Å². The van der Waals surface area contributed by atoms with Gasteiger partial charge >= 0.3 is 5.69 Å². The second-order valence-corrected chi connectivity index (χ2v) is 7.95. The molecule has 1 aromatic carbocycles. The van der Waals surface area contributed by atoms with Crippen molar-refractivity contribution in [3.05, 3.63) is 65.2 Å². The van der Waals surface area contributed by atoms with Crippen molar-refractivity contribution in [1.29, 1.82) is 0 Å². The molecule has 0 aliphatic rings. The molecular formula is C17H17N7O5S. The minimum absolute atomic E-state index is 0.0233. The number of rotatable bonds is 8. The molecule has 1 unspecified atom stereocenters. The van der Waals surface area contributed by atoms with Crippen LogP contribution in [0.5, 0.6) is 0 Å². The standard InChI is InChI=1S/C17H17N7O5S/c1-12(10-23-11-14(9-20-23)24(26)27)16(25)21-13-3-5-15(6-4-13)30(28,29)22-17-18-7-2-8-19-17/h2-9,11-12H,10H2,1H3,(H,21,25)(H,18,19,22). The van der Waals surface area contributed by atoms with Crippen LogP contribution in [0.4, 0.5) is 17.3 Å². The average molecular weight is 431 g/mol. The van der Waals surface area contributed by atoms with E-state index in [-0.39, 0.29) is 29.0 Å². The molecule has 0 radical (unpaired) electrons. The maximum absolute atomic E-state index is 12.4. The summed E-state index contributed by atoms with van der Waals surface area (Å²) in [5, 5.41) is 17.2. The van der Waals surface area contributed by atoms with E-state index < -0.39 is 20.9 Å². The molecule has 1 atom stereocenters. The van der Waals surface area contributed by atoms with Crippen LogP contribution in [0.15, 0.2) is 60.0 Å². The van der Waals surface area contributed by atoms with E-state index in [9.17, 15) is 23.3 Å². The Labute approximate surface area is 171 Å². The van der Waals surface area contributed by atoms with Crippen molar-refractivity contribution in [2.24, 2.45) is 5.92 Å². The molecule has 2 aromatic heterocycles. The third kappa shape index (κ3) is 5.14. The molecule has 0 aliphatic heterocycles. The van der Waals surface area contributed by atoms with Crippen molar-refractivity contribution in [3.63, 3.8) is 0 Å². The third-order valence-electron chi connectivity index (χ3n) is 3.96. The highest BCUT2D eigenvalue weighted by Gasteiger charge is 2.18. The predicted molar refractivity (Wildman–Crippen MR) is 106 cm³/mol. The number of sulfonamides is 1. The van der Waals surface area contributed by atoms with Crippen LogP contribution in [0.1, 0.15) is 6.92 Å². The predicted octanol–water partition coefficient (Wildman–Crippen LogP) is 1.66. The number of amides is 1. The van der Waals surface area contributed by atoms with Gasteiger partial charge < -0.3 is 5.32 Å². The average Bonchev–Trinajstić information content (AvgIpc) is 3.17. The van der Waals surface area contributed by atoms with Crippen LogP contribution in [-0.2, 0) is 21.4 Å². The first-order chi connectivity index (χ1) is 14.2. The fourth-order valence-electron chi connectivity index (χ4n) is 2.42. The molecule has 0 fully saturated rings. The van der Waals surface area contributed by atoms with Crippen LogP contribution in [0, 0.1) is 16.0 Å². The summed E-state index contributed by atoms with van der Waals surface area (Å²) in [4.78, 5) is 30.1. The van der Waals surface area contributed by atoms with Gasteiger partial charge in [0.15, 0.2) is 0 Å². The molecule has 12 nitrogen and oxygen atoms in total. The largest absolute Gasteiger partial charge is 0.326 e. The van der Waals surface area contributed by atoms with E-state index in [1.54, 1.807) is 13.0 Å². The molecule has 156 valence electrons. The molecule has 3 rings (SSSR count). The maximum atomic E-state index is 12.4. The summed E-state index contributed by atoms with van der Waals surface area (Å²) in [6.07, 6.45) is 5.17. The minimum atomic E-state index is -3.87. The third-order valence-corrected chi connectivity index (χ3v) is 5.31. The first-order valence-corrected chi connectivity index (χ1v) is 10.1. The number of aromatic nitrogens is 4. The Kier molecular flexibility index (Phi) is 6.01. The summed E-state index contributed by atoms with van der Waals surface area (Å²) in [5.74, 6) is -0.938. The van der Waals surface area contributed by atoms with Crippen molar-refractivity contribution in [2.45, 2.75) is 18.4 Å². The number of benzene rings is 1. The van der Waals surface area contributed by atoms with Gasteiger partial charge in [-0.1, -0.05) is 6.92 Å². The van der Waals surface area contributed by atoms with Crippen LogP contribution < -0.4 is 10.0 Å². The fourth-order valence-corrected chi connectivity index (χ4v) is 3.38. The molecule has 2 N–H and O–H groups in total. The smallest absolute Gasteiger partial charge is 0.306 e. The van der Waals surface area contributed by atoms with Crippen LogP contribution in [-0.4, -0.2) is 39.0 Å². The summed E-state index contributed by atoms with van der Waals surface area (Å²) in [5.41, 5.74) is 0.238. The van der Waals surface area contributed by atoms with Crippen molar-refractivity contribution in [1.82, 2.24) is 19.7 Å². The molecule has 0 aliphatic carbocycles. The summed E-state index contributed by atoms with van der Waals surface area (Å²) in [6, 6.07) is 7.13. The number of carbonyl (C=O) groups is 1. The number of hydrogen-bond acceptors (Lipinski definition) is 8. The van der Waals surface area contributed by atoms with Gasteiger partial charge in [0, 0.05) is 18.1 Å². The van der Waals surface area contributed by atoms with Crippen LogP contribution in [0.25, 0.3) is 0 Å². The SMILES string of the molecule is CC(Cn1cc([N+](=O)[O-])cn1)C(=O)Nc1ccc(S(=O)(=O)Nc2ncccn2)cc1. The lowest BCUT2D eigenvalue weighted by Gasteiger charge is -2.12. The van der Waals surface area contributed by atoms with Gasteiger partial charge in [0.1, 0.15) is 12.4 Å². The van der Waals surface area contributed by atoms with E-state index in [1.165, 1.54) is 47.5 Å². The van der Waals surface area contributed by atoms with E-state index in [0.29, 0.717) is 5.69 Å². The summed E-state index contributed by atoms with van der Waals surface area (Å²) in [7, 11) is -3.87. The molecule has 2 heterocycles. The molecular weight excluding hydrogens is 414 g/mol. The van der Waals surface area contributed by atoms with Crippen molar-refractivity contribution in [3.8, 4) is 0 Å². The highest BCUT2D eigenvalue weighted by Crippen LogP contribution is 2.17. The Bertz CT molecular complexity index is 1150. The lowest BCUT2D eigenvalue weighted by atomic mass is 10.1. The Morgan fingerprint density at radius 3 is 2.50 bits per heavy atom. The van der Waals surface area contributed by atoms with E-state index in [4.69, 9.17) is 0 Å². The van der Waals surface area contributed by atoms with Gasteiger partial charge in [-0.25, -0.2) is 23.1 Å². The van der Waals surface area contributed by atoms with Gasteiger partial charge in [-0.3, -0.25) is 19.6 Å². The zero-order chi connectivity index (χ0) is 21.7. The quantitative estimate of drug-likeness (QED) is 0.402. The lowest BCUT2D eigenvalue weighted by Crippen LogP contribution is -2.24. The Morgan fingerprint density at radius 2 is 1.90 bits per heavy atom. The molecule has 3 aromatic rings. The Balaban J connectivity index is 1.61. The normalized spacial score (nSPS) is 12.2. The molecule has 0 saturated carbocycles. The zero-order valence-corrected chi connectivity index (χ0v) is 16.5. The number of nitrogens with one attached hydrogen (secondary N) is 2. The number of nitro groups is 1. The Morgan fingerprint density at radius 1 is 1.23 bits per heavy atom. The molecule has 1 amide bonds. The minimum Gasteiger partial charge on any atom is -0.326 e. The highest BCUT2D eigenvalue weighted by atomic mass is 32.2. The zero-order valence-electron chi connectivity index (χ0n) is 15.7. The van der Waals surface area contributed by atoms with Gasteiger partial charge in [0.25, 0.3) is 10.0 Å². The highest BCUT2D eigenvalue weighted by molar-refractivity contribution is 7.92. The number of hydrogen-bond donors (Lipinski definition) is 2. The topological polar surface area (TPSA) is 162 Å². The first kappa shape index (κ1) is 20.9. The summed E-state index contributed by atoms with van der Waals surface area (Å²) >= 11 is 0. The van der Waals surface area contributed by atoms with Crippen molar-refractivity contribution >= 4 is 33.3 Å². The van der Waals surface area contributed by atoms with Gasteiger partial charge in [0.05, 0.1) is 22.3 Å². The second-order valence-electron chi connectivity index (χ2n) is 6.27. The van der Waals surface area contributed by atoms with Crippen LogP contribution >= 0.6 is 0 Å². The fraction of sp³-hybridized carbons (Fsp3) is 0.176. The monoisotopic (exact) mass is 431 g/mol. The van der Waals surface area contributed by atoms with Gasteiger partial charge in [-0.15, -0.1) is 0 Å². The maximum Gasteiger partial charge on any atom is 0.306 e. The van der Waals surface area contributed by atoms with Crippen molar-refractivity contribution < 1.29 is 18.1 Å². The van der Waals surface area contributed by atoms with Crippen molar-refractivity contribution in [2.75, 3.05) is 10.0 Å². The molecule has 0 spiro atoms. The molecule has 13 heteroatoms. The van der Waals surface area contributed by atoms with E-state index >= 15 is 0 Å². The number of carbonyl (C=O) groups excluding carboxylic acids is 1. The van der Waals surface area contributed by atoms with E-state index in [2.05, 4.69) is 25.1 Å². The summed E-state index contributed by atoms with van der Waals surface area (Å²) < 4.78 is 28.3. The van der Waals surface area contributed by atoms with Gasteiger partial charge in [-0.05, 0) is 30.3 Å². The second kappa shape index (κ2) is 8.65. The number of anilines is 2. The molecule has 0 saturated heterocycles. The summed E-state index contributed by atoms with van der Waals surface area (Å²) in [6.45, 7) is 1.79. The van der Waals surface area contributed by atoms with E-state index in [0.717, 1.165) is 6.20 Å². The molecule has 30 heavy (non-hydrogen) atoms. The van der Waals surface area contributed by atoms with Gasteiger partial charge in [0.2, 0.25) is 11.9 Å². The Hall–Kier alpha value is -3.87. The lowest BCUT2D eigenvalue weighted by molar-refractivity contribution is -0.385. The van der Waals surface area contributed by atoms with Crippen LogP contribution in [0.2, 0.25) is 0 Å². The van der Waals surface area contributed by atoms with Crippen LogP contribution in [0.3, 0.4) is 0 Å². The first-order valence-electron chi connectivity index (χ1n) is 8.62. The number of nitrogens with zero attached hydrogens (tertiary/aromatic N) is 5. The molecule has 0 bridgehead atoms. The van der Waals surface area contributed by atoms with Gasteiger partial charge in [-0.2, -0.15) is 5.10 Å².